The van der Waals surface area contributed by atoms with Gasteiger partial charge in [-0.3, -0.25) is 0 Å². The van der Waals surface area contributed by atoms with E-state index in [1.807, 2.05) is 0 Å². The van der Waals surface area contributed by atoms with Crippen molar-refractivity contribution in [3.8, 4) is 0 Å². The SMILES string of the molecule is CCCC1CC1NS(=O)(=O)Cc1cccc(CO)c1. The number of hydrogen-bond acceptors (Lipinski definition) is 3. The molecule has 0 aromatic heterocycles. The summed E-state index contributed by atoms with van der Waals surface area (Å²) >= 11 is 0. The lowest BCUT2D eigenvalue weighted by molar-refractivity contribution is 0.282. The molecular formula is C14H21NO3S. The maximum absolute atomic E-state index is 12.0. The molecule has 2 unspecified atom stereocenters. The van der Waals surface area contributed by atoms with Crippen LogP contribution >= 0.6 is 0 Å². The molecule has 0 heterocycles. The highest BCUT2D eigenvalue weighted by atomic mass is 32.2. The number of aliphatic hydroxyl groups is 1. The van der Waals surface area contributed by atoms with Crippen LogP contribution < -0.4 is 4.72 Å². The first-order chi connectivity index (χ1) is 9.04. The minimum Gasteiger partial charge on any atom is -0.392 e. The molecule has 1 aliphatic carbocycles. The van der Waals surface area contributed by atoms with Crippen LogP contribution in [0.5, 0.6) is 0 Å². The van der Waals surface area contributed by atoms with Crippen molar-refractivity contribution in [3.05, 3.63) is 35.4 Å². The highest BCUT2D eigenvalue weighted by Crippen LogP contribution is 2.35. The fraction of sp³-hybridized carbons (Fsp3) is 0.571. The first-order valence-corrected chi connectivity index (χ1v) is 8.38. The molecule has 1 aromatic carbocycles. The van der Waals surface area contributed by atoms with Gasteiger partial charge in [-0.1, -0.05) is 37.6 Å². The molecule has 0 radical (unpaired) electrons. The Morgan fingerprint density at radius 2 is 2.11 bits per heavy atom. The van der Waals surface area contributed by atoms with Crippen molar-refractivity contribution in [3.63, 3.8) is 0 Å². The van der Waals surface area contributed by atoms with Crippen LogP contribution in [-0.2, 0) is 22.4 Å². The summed E-state index contributed by atoms with van der Waals surface area (Å²) in [5.41, 5.74) is 1.45. The molecule has 0 bridgehead atoms. The molecule has 2 N–H and O–H groups in total. The van der Waals surface area contributed by atoms with E-state index in [2.05, 4.69) is 11.6 Å². The Labute approximate surface area is 114 Å². The fourth-order valence-electron chi connectivity index (χ4n) is 2.39. The lowest BCUT2D eigenvalue weighted by Crippen LogP contribution is -2.28. The summed E-state index contributed by atoms with van der Waals surface area (Å²) in [6.07, 6.45) is 3.15. The molecule has 106 valence electrons. The second-order valence-corrected chi connectivity index (χ2v) is 7.00. The topological polar surface area (TPSA) is 66.4 Å². The van der Waals surface area contributed by atoms with Gasteiger partial charge in [0.15, 0.2) is 0 Å². The third-order valence-corrected chi connectivity index (χ3v) is 4.82. The van der Waals surface area contributed by atoms with Gasteiger partial charge in [-0.15, -0.1) is 0 Å². The van der Waals surface area contributed by atoms with E-state index in [-0.39, 0.29) is 18.4 Å². The van der Waals surface area contributed by atoms with E-state index >= 15 is 0 Å². The largest absolute Gasteiger partial charge is 0.392 e. The zero-order chi connectivity index (χ0) is 13.9. The first kappa shape index (κ1) is 14.5. The normalized spacial score (nSPS) is 22.4. The standard InChI is InChI=1S/C14H21NO3S/c1-2-4-13-8-14(13)15-19(17,18)10-12-6-3-5-11(7-12)9-16/h3,5-7,13-16H,2,4,8-10H2,1H3. The van der Waals surface area contributed by atoms with Crippen molar-refractivity contribution in [1.82, 2.24) is 4.72 Å². The maximum atomic E-state index is 12.0. The molecule has 1 aromatic rings. The lowest BCUT2D eigenvalue weighted by atomic mass is 10.1. The van der Waals surface area contributed by atoms with Crippen molar-refractivity contribution in [2.45, 2.75) is 44.6 Å². The number of hydrogen-bond donors (Lipinski definition) is 2. The zero-order valence-electron chi connectivity index (χ0n) is 11.2. The van der Waals surface area contributed by atoms with E-state index in [9.17, 15) is 8.42 Å². The lowest BCUT2D eigenvalue weighted by Gasteiger charge is -2.07. The molecule has 1 saturated carbocycles. The monoisotopic (exact) mass is 283 g/mol. The maximum Gasteiger partial charge on any atom is 0.216 e. The van der Waals surface area contributed by atoms with Crippen LogP contribution in [0.1, 0.15) is 37.3 Å². The third kappa shape index (κ3) is 4.30. The molecule has 0 spiro atoms. The van der Waals surface area contributed by atoms with E-state index in [1.54, 1.807) is 24.3 Å². The van der Waals surface area contributed by atoms with Gasteiger partial charge in [-0.05, 0) is 29.9 Å². The van der Waals surface area contributed by atoms with Crippen molar-refractivity contribution < 1.29 is 13.5 Å². The number of benzene rings is 1. The van der Waals surface area contributed by atoms with Gasteiger partial charge in [0.05, 0.1) is 12.4 Å². The van der Waals surface area contributed by atoms with Crippen LogP contribution in [0.15, 0.2) is 24.3 Å². The molecule has 1 aliphatic rings. The molecule has 0 saturated heterocycles. The van der Waals surface area contributed by atoms with E-state index in [1.165, 1.54) is 0 Å². The summed E-state index contributed by atoms with van der Waals surface area (Å²) in [6, 6.07) is 7.19. The molecular weight excluding hydrogens is 262 g/mol. The van der Waals surface area contributed by atoms with Crippen molar-refractivity contribution in [1.29, 1.82) is 0 Å². The highest BCUT2D eigenvalue weighted by molar-refractivity contribution is 7.88. The number of aliphatic hydroxyl groups excluding tert-OH is 1. The van der Waals surface area contributed by atoms with Crippen LogP contribution in [0.3, 0.4) is 0 Å². The Hall–Kier alpha value is -0.910. The van der Waals surface area contributed by atoms with E-state index in [0.29, 0.717) is 11.5 Å². The van der Waals surface area contributed by atoms with Crippen LogP contribution in [0.2, 0.25) is 0 Å². The van der Waals surface area contributed by atoms with E-state index < -0.39 is 10.0 Å². The average molecular weight is 283 g/mol. The number of rotatable bonds is 7. The van der Waals surface area contributed by atoms with E-state index in [4.69, 9.17) is 5.11 Å². The average Bonchev–Trinajstić information content (AvgIpc) is 3.06. The summed E-state index contributed by atoms with van der Waals surface area (Å²) in [4.78, 5) is 0. The van der Waals surface area contributed by atoms with Gasteiger partial charge in [0.2, 0.25) is 10.0 Å². The zero-order valence-corrected chi connectivity index (χ0v) is 12.0. The van der Waals surface area contributed by atoms with Gasteiger partial charge < -0.3 is 5.11 Å². The number of sulfonamides is 1. The fourth-order valence-corrected chi connectivity index (χ4v) is 3.84. The Morgan fingerprint density at radius 3 is 2.79 bits per heavy atom. The highest BCUT2D eigenvalue weighted by Gasteiger charge is 2.38. The molecule has 2 atom stereocenters. The minimum atomic E-state index is -3.28. The smallest absolute Gasteiger partial charge is 0.216 e. The summed E-state index contributed by atoms with van der Waals surface area (Å²) in [5.74, 6) is 0.500. The van der Waals surface area contributed by atoms with Crippen LogP contribution in [0.25, 0.3) is 0 Å². The van der Waals surface area contributed by atoms with Gasteiger partial charge in [0.1, 0.15) is 0 Å². The molecule has 2 rings (SSSR count). The van der Waals surface area contributed by atoms with Crippen molar-refractivity contribution >= 4 is 10.0 Å². The van der Waals surface area contributed by atoms with Gasteiger partial charge >= 0.3 is 0 Å². The van der Waals surface area contributed by atoms with Crippen LogP contribution in [-0.4, -0.2) is 19.6 Å². The number of nitrogens with one attached hydrogen (secondary N) is 1. The van der Waals surface area contributed by atoms with Gasteiger partial charge in [-0.25, -0.2) is 13.1 Å². The summed E-state index contributed by atoms with van der Waals surface area (Å²) in [6.45, 7) is 2.05. The Balaban J connectivity index is 1.93. The van der Waals surface area contributed by atoms with Gasteiger partial charge in [0, 0.05) is 6.04 Å². The predicted octanol–water partition coefficient (Wildman–Crippen LogP) is 1.79. The van der Waals surface area contributed by atoms with Crippen LogP contribution in [0.4, 0.5) is 0 Å². The summed E-state index contributed by atoms with van der Waals surface area (Å²) < 4.78 is 26.8. The second kappa shape index (κ2) is 6.03. The third-order valence-electron chi connectivity index (χ3n) is 3.44. The Morgan fingerprint density at radius 1 is 1.37 bits per heavy atom. The molecule has 5 heteroatoms. The summed E-state index contributed by atoms with van der Waals surface area (Å²) in [7, 11) is -3.28. The summed E-state index contributed by atoms with van der Waals surface area (Å²) in [5, 5.41) is 9.04. The van der Waals surface area contributed by atoms with Crippen molar-refractivity contribution in [2.75, 3.05) is 0 Å². The Bertz CT molecular complexity index is 527. The second-order valence-electron chi connectivity index (χ2n) is 5.25. The predicted molar refractivity (Wildman–Crippen MR) is 74.9 cm³/mol. The van der Waals surface area contributed by atoms with Gasteiger partial charge in [-0.2, -0.15) is 0 Å². The molecule has 0 amide bonds. The molecule has 19 heavy (non-hydrogen) atoms. The van der Waals surface area contributed by atoms with Crippen LogP contribution in [0, 0.1) is 5.92 Å². The molecule has 4 nitrogen and oxygen atoms in total. The minimum absolute atomic E-state index is 0.0177. The molecule has 0 aliphatic heterocycles. The first-order valence-electron chi connectivity index (χ1n) is 6.72. The molecule has 1 fully saturated rings. The van der Waals surface area contributed by atoms with Gasteiger partial charge in [0.25, 0.3) is 0 Å². The van der Waals surface area contributed by atoms with E-state index in [0.717, 1.165) is 24.8 Å². The quantitative estimate of drug-likeness (QED) is 0.801. The Kier molecular flexibility index (Phi) is 4.60. The van der Waals surface area contributed by atoms with Crippen molar-refractivity contribution in [2.24, 2.45) is 5.92 Å².